The molecular weight excluding hydrogens is 274 g/mol. The molecule has 1 fully saturated rings. The molecule has 2 atom stereocenters. The topological polar surface area (TPSA) is 84.2 Å². The molecular formula is C11H22ClN3O2S. The summed E-state index contributed by atoms with van der Waals surface area (Å²) in [7, 11) is 0. The van der Waals surface area contributed by atoms with Crippen molar-refractivity contribution in [2.24, 2.45) is 5.73 Å². The number of halogens is 1. The smallest absolute Gasteiger partial charge is 0.239 e. The van der Waals surface area contributed by atoms with Crippen LogP contribution >= 0.6 is 24.2 Å². The highest BCUT2D eigenvalue weighted by Crippen LogP contribution is 2.26. The van der Waals surface area contributed by atoms with Gasteiger partial charge in [0.05, 0.1) is 13.1 Å². The third-order valence-electron chi connectivity index (χ3n) is 2.96. The largest absolute Gasteiger partial charge is 0.352 e. The van der Waals surface area contributed by atoms with Crippen LogP contribution < -0.4 is 16.4 Å². The molecule has 18 heavy (non-hydrogen) atoms. The minimum Gasteiger partial charge on any atom is -0.352 e. The first-order chi connectivity index (χ1) is 8.15. The van der Waals surface area contributed by atoms with Gasteiger partial charge in [-0.15, -0.1) is 12.4 Å². The predicted octanol–water partition coefficient (Wildman–Crippen LogP) is 0.274. The number of hydrogen-bond donors (Lipinski definition) is 3. The number of hydrogen-bond acceptors (Lipinski definition) is 4. The average molecular weight is 296 g/mol. The fourth-order valence-corrected chi connectivity index (χ4v) is 2.85. The number of carbonyl (C=O) groups excluding carboxylic acids is 2. The molecule has 1 aliphatic rings. The van der Waals surface area contributed by atoms with E-state index in [4.69, 9.17) is 5.73 Å². The molecule has 7 heteroatoms. The minimum atomic E-state index is -0.300. The lowest BCUT2D eigenvalue weighted by atomic mass is 9.95. The van der Waals surface area contributed by atoms with Crippen LogP contribution in [0.5, 0.6) is 0 Å². The monoisotopic (exact) mass is 295 g/mol. The molecule has 1 aliphatic carbocycles. The first-order valence-electron chi connectivity index (χ1n) is 5.94. The van der Waals surface area contributed by atoms with Crippen molar-refractivity contribution in [3.05, 3.63) is 0 Å². The van der Waals surface area contributed by atoms with Gasteiger partial charge in [-0.1, -0.05) is 6.42 Å². The van der Waals surface area contributed by atoms with Gasteiger partial charge >= 0.3 is 0 Å². The maximum absolute atomic E-state index is 11.6. The van der Waals surface area contributed by atoms with E-state index in [1.807, 2.05) is 11.8 Å². The zero-order chi connectivity index (χ0) is 12.7. The van der Waals surface area contributed by atoms with Crippen molar-refractivity contribution in [1.29, 1.82) is 0 Å². The second-order valence-corrected chi connectivity index (χ2v) is 5.41. The van der Waals surface area contributed by atoms with E-state index in [0.29, 0.717) is 5.25 Å². The quantitative estimate of drug-likeness (QED) is 0.680. The lowest BCUT2D eigenvalue weighted by Crippen LogP contribution is -2.45. The third-order valence-corrected chi connectivity index (χ3v) is 4.05. The minimum absolute atomic E-state index is 0. The number of rotatable bonds is 5. The molecule has 106 valence electrons. The number of nitrogens with two attached hydrogens (primary N) is 1. The maximum atomic E-state index is 11.6. The number of amides is 2. The fraction of sp³-hybridized carbons (Fsp3) is 0.818. The van der Waals surface area contributed by atoms with Gasteiger partial charge in [0.25, 0.3) is 0 Å². The molecule has 0 aliphatic heterocycles. The molecule has 4 N–H and O–H groups in total. The van der Waals surface area contributed by atoms with E-state index in [1.54, 1.807) is 0 Å². The van der Waals surface area contributed by atoms with Crippen molar-refractivity contribution in [3.8, 4) is 0 Å². The van der Waals surface area contributed by atoms with Crippen LogP contribution in [0.2, 0.25) is 0 Å². The molecule has 0 bridgehead atoms. The molecule has 2 unspecified atom stereocenters. The van der Waals surface area contributed by atoms with Crippen LogP contribution in [0.4, 0.5) is 0 Å². The molecule has 5 nitrogen and oxygen atoms in total. The van der Waals surface area contributed by atoms with Crippen LogP contribution in [0.1, 0.15) is 25.7 Å². The highest BCUT2D eigenvalue weighted by Gasteiger charge is 2.22. The van der Waals surface area contributed by atoms with E-state index in [0.717, 1.165) is 19.3 Å². The van der Waals surface area contributed by atoms with Gasteiger partial charge in [-0.25, -0.2) is 0 Å². The van der Waals surface area contributed by atoms with E-state index in [2.05, 4.69) is 16.9 Å². The van der Waals surface area contributed by atoms with Crippen LogP contribution in [0.25, 0.3) is 0 Å². The Morgan fingerprint density at radius 2 is 2.06 bits per heavy atom. The van der Waals surface area contributed by atoms with E-state index < -0.39 is 0 Å². The van der Waals surface area contributed by atoms with Gasteiger partial charge in [-0.2, -0.15) is 11.8 Å². The van der Waals surface area contributed by atoms with E-state index >= 15 is 0 Å². The van der Waals surface area contributed by atoms with Crippen LogP contribution in [0.3, 0.4) is 0 Å². The Morgan fingerprint density at radius 1 is 1.33 bits per heavy atom. The summed E-state index contributed by atoms with van der Waals surface area (Å²) >= 11 is 1.86. The Morgan fingerprint density at radius 3 is 2.67 bits per heavy atom. The van der Waals surface area contributed by atoms with Gasteiger partial charge < -0.3 is 16.4 Å². The summed E-state index contributed by atoms with van der Waals surface area (Å²) in [5.74, 6) is -0.427. The molecule has 0 radical (unpaired) electrons. The second-order valence-electron chi connectivity index (χ2n) is 4.27. The number of carbonyl (C=O) groups is 2. The maximum Gasteiger partial charge on any atom is 0.239 e. The lowest BCUT2D eigenvalue weighted by Gasteiger charge is -2.28. The van der Waals surface area contributed by atoms with Gasteiger partial charge in [0.15, 0.2) is 0 Å². The molecule has 0 aromatic rings. The second kappa shape index (κ2) is 9.47. The van der Waals surface area contributed by atoms with Gasteiger partial charge in [-0.05, 0) is 25.5 Å². The van der Waals surface area contributed by atoms with Gasteiger partial charge in [0.2, 0.25) is 11.8 Å². The van der Waals surface area contributed by atoms with Crippen LogP contribution in [0, 0.1) is 0 Å². The van der Waals surface area contributed by atoms with Crippen molar-refractivity contribution in [3.63, 3.8) is 0 Å². The Hall–Kier alpha value is -0.460. The molecule has 2 amide bonds. The molecule has 0 aromatic heterocycles. The van der Waals surface area contributed by atoms with E-state index in [1.165, 1.54) is 6.42 Å². The van der Waals surface area contributed by atoms with Crippen LogP contribution in [0.15, 0.2) is 0 Å². The number of nitrogens with one attached hydrogen (secondary N) is 2. The zero-order valence-corrected chi connectivity index (χ0v) is 12.2. The summed E-state index contributed by atoms with van der Waals surface area (Å²) < 4.78 is 0. The molecule has 0 saturated heterocycles. The summed E-state index contributed by atoms with van der Waals surface area (Å²) in [6.07, 6.45) is 6.56. The first kappa shape index (κ1) is 17.5. The van der Waals surface area contributed by atoms with Crippen LogP contribution in [-0.2, 0) is 9.59 Å². The summed E-state index contributed by atoms with van der Waals surface area (Å²) in [6, 6.07) is 0.253. The molecule has 1 saturated carbocycles. The normalized spacial score (nSPS) is 22.8. The Balaban J connectivity index is 0.00000289. The van der Waals surface area contributed by atoms with Crippen molar-refractivity contribution in [2.45, 2.75) is 37.0 Å². The highest BCUT2D eigenvalue weighted by atomic mass is 35.5. The van der Waals surface area contributed by atoms with E-state index in [-0.39, 0.29) is 43.4 Å². The van der Waals surface area contributed by atoms with Gasteiger partial charge in [0, 0.05) is 11.3 Å². The van der Waals surface area contributed by atoms with Gasteiger partial charge in [-0.3, -0.25) is 9.59 Å². The SMILES string of the molecule is CSC1CCCC(NC(=O)CNC(=O)CN)C1.Cl. The number of thioether (sulfide) groups is 1. The lowest BCUT2D eigenvalue weighted by molar-refractivity contribution is -0.125. The summed E-state index contributed by atoms with van der Waals surface area (Å²) in [6.45, 7) is -0.0538. The molecule has 0 aromatic carbocycles. The molecule has 0 spiro atoms. The Labute approximate surface area is 118 Å². The van der Waals surface area contributed by atoms with Crippen molar-refractivity contribution < 1.29 is 9.59 Å². The summed E-state index contributed by atoms with van der Waals surface area (Å²) in [4.78, 5) is 22.4. The van der Waals surface area contributed by atoms with Crippen molar-refractivity contribution >= 4 is 36.0 Å². The predicted molar refractivity (Wildman–Crippen MR) is 77.0 cm³/mol. The van der Waals surface area contributed by atoms with Gasteiger partial charge in [0.1, 0.15) is 0 Å². The summed E-state index contributed by atoms with van der Waals surface area (Å²) in [5.41, 5.74) is 5.13. The summed E-state index contributed by atoms with van der Waals surface area (Å²) in [5, 5.41) is 6.07. The van der Waals surface area contributed by atoms with Crippen LogP contribution in [-0.4, -0.2) is 42.5 Å². The molecule has 1 rings (SSSR count). The Bertz CT molecular complexity index is 279. The first-order valence-corrected chi connectivity index (χ1v) is 7.23. The van der Waals surface area contributed by atoms with E-state index in [9.17, 15) is 9.59 Å². The van der Waals surface area contributed by atoms with Crippen molar-refractivity contribution in [2.75, 3.05) is 19.3 Å². The van der Waals surface area contributed by atoms with Crippen molar-refractivity contribution in [1.82, 2.24) is 10.6 Å². The Kier molecular flexibility index (Phi) is 9.23. The standard InChI is InChI=1S/C11H21N3O2S.ClH/c1-17-9-4-2-3-8(5-9)14-11(16)7-13-10(15)6-12;/h8-9H,2-7,12H2,1H3,(H,13,15)(H,14,16);1H. The zero-order valence-electron chi connectivity index (χ0n) is 10.6. The fourth-order valence-electron chi connectivity index (χ4n) is 2.02. The molecule has 0 heterocycles. The average Bonchev–Trinajstić information content (AvgIpc) is 2.36. The highest BCUT2D eigenvalue weighted by molar-refractivity contribution is 7.99. The third kappa shape index (κ3) is 6.47.